The summed E-state index contributed by atoms with van der Waals surface area (Å²) in [7, 11) is 5.81. The maximum absolute atomic E-state index is 12.6. The Hall–Kier alpha value is -2.44. The Bertz CT molecular complexity index is 1030. The maximum Gasteiger partial charge on any atom is 0.261 e. The predicted molar refractivity (Wildman–Crippen MR) is 126 cm³/mol. The number of thiophene rings is 1. The summed E-state index contributed by atoms with van der Waals surface area (Å²) < 4.78 is 1.19. The van der Waals surface area contributed by atoms with Gasteiger partial charge in [0.25, 0.3) is 5.91 Å². The first-order valence-electron chi connectivity index (χ1n) is 10.7. The highest BCUT2D eigenvalue weighted by Crippen LogP contribution is 2.34. The maximum atomic E-state index is 12.6. The zero-order valence-corrected chi connectivity index (χ0v) is 18.8. The first kappa shape index (κ1) is 20.8. The Morgan fingerprint density at radius 3 is 2.87 bits per heavy atom. The van der Waals surface area contributed by atoms with Gasteiger partial charge in [0.05, 0.1) is 4.88 Å². The number of hydrogen-bond donors (Lipinski definition) is 1. The number of aromatic nitrogens is 1. The molecule has 1 aliphatic rings. The van der Waals surface area contributed by atoms with E-state index in [1.807, 2.05) is 32.4 Å². The molecule has 1 aliphatic heterocycles. The zero-order chi connectivity index (χ0) is 21.1. The van der Waals surface area contributed by atoms with E-state index in [1.165, 1.54) is 34.1 Å². The topological polar surface area (TPSA) is 48.5 Å². The van der Waals surface area contributed by atoms with Crippen LogP contribution in [0.15, 0.2) is 42.6 Å². The lowest BCUT2D eigenvalue weighted by molar-refractivity contribution is 0.0964. The van der Waals surface area contributed by atoms with Gasteiger partial charge in [0.2, 0.25) is 0 Å². The Labute approximate surface area is 182 Å². The van der Waals surface area contributed by atoms with E-state index in [1.54, 1.807) is 18.4 Å². The van der Waals surface area contributed by atoms with Gasteiger partial charge in [0, 0.05) is 50.2 Å². The van der Waals surface area contributed by atoms with Gasteiger partial charge in [-0.15, -0.1) is 11.3 Å². The van der Waals surface area contributed by atoms with Crippen LogP contribution in [0.4, 0.5) is 5.82 Å². The van der Waals surface area contributed by atoms with Gasteiger partial charge in [-0.3, -0.25) is 9.69 Å². The van der Waals surface area contributed by atoms with Crippen molar-refractivity contribution < 1.29 is 4.79 Å². The minimum atomic E-state index is 0.0238. The van der Waals surface area contributed by atoms with Crippen molar-refractivity contribution in [2.75, 3.05) is 32.6 Å². The van der Waals surface area contributed by atoms with Crippen LogP contribution in [0.5, 0.6) is 0 Å². The number of fused-ring (bicyclic) bond motifs is 1. The first-order chi connectivity index (χ1) is 14.6. The molecular weight excluding hydrogens is 392 g/mol. The third kappa shape index (κ3) is 4.20. The van der Waals surface area contributed by atoms with Gasteiger partial charge in [-0.25, -0.2) is 4.98 Å². The molecule has 6 heteroatoms. The second-order valence-corrected chi connectivity index (χ2v) is 9.24. The first-order valence-corrected chi connectivity index (χ1v) is 11.5. The van der Waals surface area contributed by atoms with Crippen LogP contribution in [0.3, 0.4) is 0 Å². The molecular formula is C24H30N4OS. The zero-order valence-electron chi connectivity index (χ0n) is 18.0. The molecule has 0 spiro atoms. The van der Waals surface area contributed by atoms with E-state index >= 15 is 0 Å². The van der Waals surface area contributed by atoms with Crippen molar-refractivity contribution in [3.8, 4) is 0 Å². The lowest BCUT2D eigenvalue weighted by Gasteiger charge is -2.36. The van der Waals surface area contributed by atoms with Gasteiger partial charge in [-0.1, -0.05) is 30.7 Å². The van der Waals surface area contributed by atoms with Crippen LogP contribution in [-0.4, -0.2) is 49.5 Å². The standard InChI is InChI=1S/C24H30N4OS/c1-25-24(29)22-20(19-11-4-5-12-21(19)30-22)15-18-10-6-7-14-28(18)16-17-9-8-13-26-23(17)27(2)3/h4-5,8-9,11-13,18H,6-7,10,14-16H2,1-3H3,(H,25,29). The van der Waals surface area contributed by atoms with Gasteiger partial charge in [0.15, 0.2) is 0 Å². The molecule has 3 aromatic rings. The van der Waals surface area contributed by atoms with Crippen LogP contribution >= 0.6 is 11.3 Å². The number of benzene rings is 1. The van der Waals surface area contributed by atoms with Crippen LogP contribution in [-0.2, 0) is 13.0 Å². The fourth-order valence-corrected chi connectivity index (χ4v) is 5.69. The average molecular weight is 423 g/mol. The monoisotopic (exact) mass is 422 g/mol. The van der Waals surface area contributed by atoms with Crippen LogP contribution < -0.4 is 10.2 Å². The molecule has 5 nitrogen and oxygen atoms in total. The minimum Gasteiger partial charge on any atom is -0.362 e. The second-order valence-electron chi connectivity index (χ2n) is 8.19. The highest BCUT2D eigenvalue weighted by Gasteiger charge is 2.27. The Morgan fingerprint density at radius 2 is 2.07 bits per heavy atom. The largest absolute Gasteiger partial charge is 0.362 e. The normalized spacial score (nSPS) is 17.2. The number of pyridine rings is 1. The summed E-state index contributed by atoms with van der Waals surface area (Å²) in [5, 5.41) is 4.06. The van der Waals surface area contributed by atoms with Crippen molar-refractivity contribution in [2.24, 2.45) is 0 Å². The lowest BCUT2D eigenvalue weighted by atomic mass is 9.93. The van der Waals surface area contributed by atoms with E-state index in [9.17, 15) is 4.79 Å². The molecule has 1 N–H and O–H groups in total. The number of nitrogens with zero attached hydrogens (tertiary/aromatic N) is 3. The Kier molecular flexibility index (Phi) is 6.35. The van der Waals surface area contributed by atoms with Gasteiger partial charge >= 0.3 is 0 Å². The molecule has 30 heavy (non-hydrogen) atoms. The van der Waals surface area contributed by atoms with Crippen LogP contribution in [0.25, 0.3) is 10.1 Å². The predicted octanol–water partition coefficient (Wildman–Crippen LogP) is 4.32. The molecule has 0 bridgehead atoms. The van der Waals surface area contributed by atoms with Gasteiger partial charge in [-0.2, -0.15) is 0 Å². The van der Waals surface area contributed by atoms with E-state index in [0.29, 0.717) is 6.04 Å². The molecule has 0 aliphatic carbocycles. The molecule has 1 unspecified atom stereocenters. The van der Waals surface area contributed by atoms with E-state index < -0.39 is 0 Å². The molecule has 3 heterocycles. The SMILES string of the molecule is CNC(=O)c1sc2ccccc2c1CC1CCCCN1Cc1cccnc1N(C)C. The molecule has 1 atom stereocenters. The van der Waals surface area contributed by atoms with Gasteiger partial charge < -0.3 is 10.2 Å². The number of carbonyl (C=O) groups excluding carboxylic acids is 1. The summed E-state index contributed by atoms with van der Waals surface area (Å²) in [4.78, 5) is 22.7. The number of rotatable bonds is 6. The minimum absolute atomic E-state index is 0.0238. The second kappa shape index (κ2) is 9.14. The highest BCUT2D eigenvalue weighted by molar-refractivity contribution is 7.21. The number of nitrogens with one attached hydrogen (secondary N) is 1. The average Bonchev–Trinajstić information content (AvgIpc) is 3.13. The van der Waals surface area contributed by atoms with Crippen LogP contribution in [0.2, 0.25) is 0 Å². The van der Waals surface area contributed by atoms with Crippen molar-refractivity contribution in [1.29, 1.82) is 0 Å². The van der Waals surface area contributed by atoms with E-state index in [-0.39, 0.29) is 5.91 Å². The summed E-state index contributed by atoms with van der Waals surface area (Å²) in [6, 6.07) is 13.0. The molecule has 4 rings (SSSR count). The molecule has 1 fully saturated rings. The van der Waals surface area contributed by atoms with Crippen LogP contribution in [0, 0.1) is 0 Å². The Balaban J connectivity index is 1.64. The number of anilines is 1. The quantitative estimate of drug-likeness (QED) is 0.643. The molecule has 1 saturated heterocycles. The molecule has 158 valence electrons. The van der Waals surface area contributed by atoms with E-state index in [2.05, 4.69) is 44.4 Å². The van der Waals surface area contributed by atoms with Crippen molar-refractivity contribution in [3.63, 3.8) is 0 Å². The molecule has 0 radical (unpaired) electrons. The molecule has 1 aromatic carbocycles. The summed E-state index contributed by atoms with van der Waals surface area (Å²) in [6.07, 6.45) is 6.39. The third-order valence-electron chi connectivity index (χ3n) is 5.98. The number of likely N-dealkylation sites (tertiary alicyclic amines) is 1. The number of piperidine rings is 1. The number of carbonyl (C=O) groups is 1. The van der Waals surface area contributed by atoms with Gasteiger partial charge in [0.1, 0.15) is 5.82 Å². The number of hydrogen-bond acceptors (Lipinski definition) is 5. The fourth-order valence-electron chi connectivity index (χ4n) is 4.51. The van der Waals surface area contributed by atoms with Gasteiger partial charge in [-0.05, 0) is 48.9 Å². The van der Waals surface area contributed by atoms with Crippen molar-refractivity contribution in [1.82, 2.24) is 15.2 Å². The Morgan fingerprint density at radius 1 is 1.23 bits per heavy atom. The lowest BCUT2D eigenvalue weighted by Crippen LogP contribution is -2.40. The van der Waals surface area contributed by atoms with Crippen molar-refractivity contribution in [3.05, 3.63) is 58.6 Å². The molecule has 0 saturated carbocycles. The van der Waals surface area contributed by atoms with E-state index in [4.69, 9.17) is 0 Å². The van der Waals surface area contributed by atoms with Crippen LogP contribution in [0.1, 0.15) is 40.1 Å². The molecule has 2 aromatic heterocycles. The summed E-state index contributed by atoms with van der Waals surface area (Å²) in [5.74, 6) is 1.06. The summed E-state index contributed by atoms with van der Waals surface area (Å²) in [5.41, 5.74) is 2.46. The molecule has 1 amide bonds. The smallest absolute Gasteiger partial charge is 0.261 e. The summed E-state index contributed by atoms with van der Waals surface area (Å²) >= 11 is 1.61. The highest BCUT2D eigenvalue weighted by atomic mass is 32.1. The fraction of sp³-hybridized carbons (Fsp3) is 0.417. The van der Waals surface area contributed by atoms with Crippen molar-refractivity contribution in [2.45, 2.75) is 38.3 Å². The summed E-state index contributed by atoms with van der Waals surface area (Å²) in [6.45, 7) is 1.98. The van der Waals surface area contributed by atoms with E-state index in [0.717, 1.165) is 36.6 Å². The third-order valence-corrected chi connectivity index (χ3v) is 7.20. The van der Waals surface area contributed by atoms with Crippen molar-refractivity contribution >= 4 is 33.1 Å². The number of amides is 1.